The first-order valence-electron chi connectivity index (χ1n) is 9.37. The highest BCUT2D eigenvalue weighted by Crippen LogP contribution is 2.28. The summed E-state index contributed by atoms with van der Waals surface area (Å²) in [4.78, 5) is 36.9. The lowest BCUT2D eigenvalue weighted by Gasteiger charge is -2.33. The average molecular weight is 401 g/mol. The van der Waals surface area contributed by atoms with Crippen molar-refractivity contribution in [1.29, 1.82) is 0 Å². The standard InChI is InChI=1S/C20H21ClN4O3/c21-15-1-3-16(4-2-15)25-13-14(11-19(25)26)20(27)24-9-5-17(6-10-24)28-18-12-22-7-8-23-18/h1-4,7-8,12,14,17H,5-6,9-11,13H2/t14-/m0/s1. The number of hydrogen-bond donors (Lipinski definition) is 0. The fraction of sp³-hybridized carbons (Fsp3) is 0.400. The SMILES string of the molecule is O=C([C@H]1CC(=O)N(c2ccc(Cl)cc2)C1)N1CCC(Oc2cnccn2)CC1. The van der Waals surface area contributed by atoms with Gasteiger partial charge in [-0.05, 0) is 24.3 Å². The molecule has 4 rings (SSSR count). The first-order chi connectivity index (χ1) is 13.6. The lowest BCUT2D eigenvalue weighted by molar-refractivity contribution is -0.137. The van der Waals surface area contributed by atoms with Crippen molar-refractivity contribution >= 4 is 29.1 Å². The number of benzene rings is 1. The maximum absolute atomic E-state index is 12.9. The average Bonchev–Trinajstić information content (AvgIpc) is 3.11. The van der Waals surface area contributed by atoms with Crippen molar-refractivity contribution in [1.82, 2.24) is 14.9 Å². The highest BCUT2D eigenvalue weighted by atomic mass is 35.5. The number of carbonyl (C=O) groups is 2. The summed E-state index contributed by atoms with van der Waals surface area (Å²) in [7, 11) is 0. The van der Waals surface area contributed by atoms with Crippen molar-refractivity contribution in [3.63, 3.8) is 0 Å². The molecule has 2 amide bonds. The molecule has 3 heterocycles. The molecule has 146 valence electrons. The third kappa shape index (κ3) is 4.09. The van der Waals surface area contributed by atoms with Crippen LogP contribution in [0.5, 0.6) is 5.88 Å². The normalized spacial score (nSPS) is 20.5. The molecule has 1 atom stereocenters. The van der Waals surface area contributed by atoms with Gasteiger partial charge in [0.15, 0.2) is 0 Å². The van der Waals surface area contributed by atoms with Crippen molar-refractivity contribution in [2.75, 3.05) is 24.5 Å². The van der Waals surface area contributed by atoms with Crippen molar-refractivity contribution in [2.24, 2.45) is 5.92 Å². The van der Waals surface area contributed by atoms with Gasteiger partial charge in [-0.3, -0.25) is 14.6 Å². The minimum atomic E-state index is -0.305. The van der Waals surface area contributed by atoms with Crippen LogP contribution >= 0.6 is 11.6 Å². The molecule has 0 unspecified atom stereocenters. The molecule has 28 heavy (non-hydrogen) atoms. The number of rotatable bonds is 4. The number of ether oxygens (including phenoxy) is 1. The van der Waals surface area contributed by atoms with Crippen LogP contribution in [0.15, 0.2) is 42.9 Å². The van der Waals surface area contributed by atoms with Gasteiger partial charge in [0, 0.05) is 62.0 Å². The van der Waals surface area contributed by atoms with Crippen molar-refractivity contribution in [2.45, 2.75) is 25.4 Å². The van der Waals surface area contributed by atoms with Gasteiger partial charge in [-0.2, -0.15) is 0 Å². The second-order valence-electron chi connectivity index (χ2n) is 7.07. The maximum atomic E-state index is 12.9. The highest BCUT2D eigenvalue weighted by Gasteiger charge is 2.38. The Morgan fingerprint density at radius 2 is 1.89 bits per heavy atom. The van der Waals surface area contributed by atoms with E-state index in [1.807, 2.05) is 17.0 Å². The van der Waals surface area contributed by atoms with Gasteiger partial charge in [-0.15, -0.1) is 0 Å². The van der Waals surface area contributed by atoms with Crippen LogP contribution in [-0.4, -0.2) is 52.4 Å². The Kier molecular flexibility index (Phi) is 5.43. The second kappa shape index (κ2) is 8.14. The zero-order chi connectivity index (χ0) is 19.5. The number of aromatic nitrogens is 2. The Balaban J connectivity index is 1.32. The molecule has 0 radical (unpaired) electrons. The van der Waals surface area contributed by atoms with E-state index >= 15 is 0 Å². The smallest absolute Gasteiger partial charge is 0.232 e. The van der Waals surface area contributed by atoms with E-state index in [1.54, 1.807) is 35.6 Å². The van der Waals surface area contributed by atoms with Gasteiger partial charge < -0.3 is 14.5 Å². The molecule has 2 saturated heterocycles. The predicted molar refractivity (Wildman–Crippen MR) is 104 cm³/mol. The Bertz CT molecular complexity index is 838. The quantitative estimate of drug-likeness (QED) is 0.788. The van der Waals surface area contributed by atoms with Crippen LogP contribution < -0.4 is 9.64 Å². The number of piperidine rings is 1. The van der Waals surface area contributed by atoms with E-state index in [0.717, 1.165) is 18.5 Å². The van der Waals surface area contributed by atoms with E-state index in [1.165, 1.54) is 0 Å². The van der Waals surface area contributed by atoms with Gasteiger partial charge in [0.2, 0.25) is 17.7 Å². The van der Waals surface area contributed by atoms with E-state index in [2.05, 4.69) is 9.97 Å². The number of halogens is 1. The Morgan fingerprint density at radius 1 is 1.14 bits per heavy atom. The number of nitrogens with zero attached hydrogens (tertiary/aromatic N) is 4. The molecule has 2 aromatic rings. The lowest BCUT2D eigenvalue weighted by Crippen LogP contribution is -2.45. The molecule has 2 fully saturated rings. The molecule has 7 nitrogen and oxygen atoms in total. The molecule has 1 aromatic heterocycles. The van der Waals surface area contributed by atoms with Crippen LogP contribution in [0.25, 0.3) is 0 Å². The summed E-state index contributed by atoms with van der Waals surface area (Å²) in [6.45, 7) is 1.65. The lowest BCUT2D eigenvalue weighted by atomic mass is 10.0. The number of amides is 2. The summed E-state index contributed by atoms with van der Waals surface area (Å²) in [6, 6.07) is 7.12. The van der Waals surface area contributed by atoms with E-state index in [0.29, 0.717) is 30.5 Å². The van der Waals surface area contributed by atoms with E-state index in [-0.39, 0.29) is 30.3 Å². The van der Waals surface area contributed by atoms with Crippen molar-refractivity contribution < 1.29 is 14.3 Å². The summed E-state index contributed by atoms with van der Waals surface area (Å²) in [5, 5.41) is 0.620. The molecule has 2 aliphatic rings. The Morgan fingerprint density at radius 3 is 2.57 bits per heavy atom. The Labute approximate surface area is 168 Å². The first-order valence-corrected chi connectivity index (χ1v) is 9.75. The molecular formula is C20H21ClN4O3. The van der Waals surface area contributed by atoms with Crippen molar-refractivity contribution in [3.05, 3.63) is 47.9 Å². The van der Waals surface area contributed by atoms with Gasteiger partial charge in [0.1, 0.15) is 6.10 Å². The largest absolute Gasteiger partial charge is 0.473 e. The minimum absolute atomic E-state index is 0.0246. The van der Waals surface area contributed by atoms with Gasteiger partial charge >= 0.3 is 0 Å². The van der Waals surface area contributed by atoms with E-state index < -0.39 is 0 Å². The van der Waals surface area contributed by atoms with Crippen LogP contribution in [0.4, 0.5) is 5.69 Å². The van der Waals surface area contributed by atoms with Crippen LogP contribution in [0.3, 0.4) is 0 Å². The van der Waals surface area contributed by atoms with Crippen LogP contribution in [-0.2, 0) is 9.59 Å². The molecule has 0 spiro atoms. The topological polar surface area (TPSA) is 75.6 Å². The van der Waals surface area contributed by atoms with E-state index in [4.69, 9.17) is 16.3 Å². The molecule has 0 bridgehead atoms. The monoisotopic (exact) mass is 400 g/mol. The number of anilines is 1. The zero-order valence-corrected chi connectivity index (χ0v) is 16.1. The number of likely N-dealkylation sites (tertiary alicyclic amines) is 1. The first kappa shape index (κ1) is 18.7. The summed E-state index contributed by atoms with van der Waals surface area (Å²) >= 11 is 5.92. The third-order valence-electron chi connectivity index (χ3n) is 5.19. The Hall–Kier alpha value is -2.67. The predicted octanol–water partition coefficient (Wildman–Crippen LogP) is 2.55. The van der Waals surface area contributed by atoms with Gasteiger partial charge in [0.05, 0.1) is 12.1 Å². The molecule has 0 N–H and O–H groups in total. The molecule has 0 saturated carbocycles. The molecular weight excluding hydrogens is 380 g/mol. The molecule has 8 heteroatoms. The fourth-order valence-electron chi connectivity index (χ4n) is 3.71. The zero-order valence-electron chi connectivity index (χ0n) is 15.3. The molecule has 0 aliphatic carbocycles. The van der Waals surface area contributed by atoms with Crippen LogP contribution in [0.1, 0.15) is 19.3 Å². The van der Waals surface area contributed by atoms with Crippen LogP contribution in [0.2, 0.25) is 5.02 Å². The minimum Gasteiger partial charge on any atom is -0.473 e. The summed E-state index contributed by atoms with van der Waals surface area (Å²) < 4.78 is 5.83. The highest BCUT2D eigenvalue weighted by molar-refractivity contribution is 6.30. The van der Waals surface area contributed by atoms with Crippen molar-refractivity contribution in [3.8, 4) is 5.88 Å². The van der Waals surface area contributed by atoms with Gasteiger partial charge in [0.25, 0.3) is 0 Å². The maximum Gasteiger partial charge on any atom is 0.232 e. The van der Waals surface area contributed by atoms with Gasteiger partial charge in [-0.25, -0.2) is 4.98 Å². The number of hydrogen-bond acceptors (Lipinski definition) is 5. The van der Waals surface area contributed by atoms with Crippen LogP contribution in [0, 0.1) is 5.92 Å². The van der Waals surface area contributed by atoms with E-state index in [9.17, 15) is 9.59 Å². The number of carbonyl (C=O) groups excluding carboxylic acids is 2. The second-order valence-corrected chi connectivity index (χ2v) is 7.50. The summed E-state index contributed by atoms with van der Waals surface area (Å²) in [5.74, 6) is 0.220. The molecule has 1 aromatic carbocycles. The summed E-state index contributed by atoms with van der Waals surface area (Å²) in [6.07, 6.45) is 6.54. The fourth-order valence-corrected chi connectivity index (χ4v) is 3.84. The van der Waals surface area contributed by atoms with Gasteiger partial charge in [-0.1, -0.05) is 11.6 Å². The third-order valence-corrected chi connectivity index (χ3v) is 5.45. The molecule has 2 aliphatic heterocycles. The summed E-state index contributed by atoms with van der Waals surface area (Å²) in [5.41, 5.74) is 0.778.